The molecule has 0 aromatic heterocycles. The SMILES string of the molecule is O=C=C(O)C(O)C(O)C(O)C(=O)CO. The fourth-order valence-corrected chi connectivity index (χ4v) is 0.679. The standard InChI is InChI=1S/C7H10O7/c8-1-3(10)5(12)7(14)6(13)4(11)2-9/h5-8,11-14H,1H2. The predicted molar refractivity (Wildman–Crippen MR) is 41.9 cm³/mol. The maximum absolute atomic E-state index is 10.6. The molecule has 3 unspecified atom stereocenters. The van der Waals surface area contributed by atoms with E-state index in [0.29, 0.717) is 0 Å². The molecule has 0 aliphatic rings. The van der Waals surface area contributed by atoms with E-state index in [9.17, 15) is 9.59 Å². The number of Topliss-reactive ketones (excluding diaryl/α,β-unsaturated/α-hetero) is 1. The Bertz CT molecular complexity index is 255. The van der Waals surface area contributed by atoms with E-state index >= 15 is 0 Å². The monoisotopic (exact) mass is 206 g/mol. The maximum atomic E-state index is 10.6. The zero-order valence-corrected chi connectivity index (χ0v) is 6.99. The molecule has 5 N–H and O–H groups in total. The van der Waals surface area contributed by atoms with Crippen LogP contribution in [0.2, 0.25) is 0 Å². The maximum Gasteiger partial charge on any atom is 0.208 e. The van der Waals surface area contributed by atoms with Gasteiger partial charge in [-0.05, 0) is 0 Å². The summed E-state index contributed by atoms with van der Waals surface area (Å²) < 4.78 is 0. The van der Waals surface area contributed by atoms with E-state index in [1.165, 1.54) is 0 Å². The molecule has 0 spiro atoms. The van der Waals surface area contributed by atoms with E-state index in [-0.39, 0.29) is 0 Å². The molecule has 80 valence electrons. The Hall–Kier alpha value is -1.24. The van der Waals surface area contributed by atoms with E-state index < -0.39 is 36.5 Å². The number of hydrogen-bond donors (Lipinski definition) is 5. The van der Waals surface area contributed by atoms with Crippen LogP contribution < -0.4 is 0 Å². The second kappa shape index (κ2) is 5.48. The quantitative estimate of drug-likeness (QED) is 0.237. The first-order valence-electron chi connectivity index (χ1n) is 3.57. The zero-order chi connectivity index (χ0) is 11.3. The molecule has 0 rings (SSSR count). The van der Waals surface area contributed by atoms with Crippen molar-refractivity contribution >= 4 is 11.7 Å². The number of carbonyl (C=O) groups is 1. The van der Waals surface area contributed by atoms with Crippen LogP contribution in [0, 0.1) is 0 Å². The molecule has 0 saturated carbocycles. The number of aliphatic hydroxyl groups is 5. The molecular formula is C7H10O7. The van der Waals surface area contributed by atoms with Crippen LogP contribution in [0.4, 0.5) is 0 Å². The van der Waals surface area contributed by atoms with Gasteiger partial charge in [0.15, 0.2) is 17.8 Å². The summed E-state index contributed by atoms with van der Waals surface area (Å²) in [7, 11) is 0. The van der Waals surface area contributed by atoms with E-state index in [2.05, 4.69) is 0 Å². The van der Waals surface area contributed by atoms with E-state index in [1.54, 1.807) is 0 Å². The summed E-state index contributed by atoms with van der Waals surface area (Å²) in [6.45, 7) is -1.03. The second-order valence-corrected chi connectivity index (χ2v) is 2.49. The summed E-state index contributed by atoms with van der Waals surface area (Å²) in [6.07, 6.45) is -6.28. The van der Waals surface area contributed by atoms with Crippen LogP contribution in [-0.2, 0) is 9.59 Å². The van der Waals surface area contributed by atoms with Crippen molar-refractivity contribution in [2.24, 2.45) is 0 Å². The second-order valence-electron chi connectivity index (χ2n) is 2.49. The molecule has 0 heterocycles. The highest BCUT2D eigenvalue weighted by Gasteiger charge is 2.32. The predicted octanol–water partition coefficient (Wildman–Crippen LogP) is -3.10. The fraction of sp³-hybridized carbons (Fsp3) is 0.571. The molecule has 0 fully saturated rings. The van der Waals surface area contributed by atoms with Crippen LogP contribution >= 0.6 is 0 Å². The molecule has 0 amide bonds. The van der Waals surface area contributed by atoms with Crippen molar-refractivity contribution in [1.29, 1.82) is 0 Å². The van der Waals surface area contributed by atoms with Gasteiger partial charge in [-0.3, -0.25) is 4.79 Å². The Kier molecular flexibility index (Phi) is 5.00. The molecule has 0 aromatic rings. The molecule has 0 saturated heterocycles. The van der Waals surface area contributed by atoms with Crippen molar-refractivity contribution < 1.29 is 35.1 Å². The number of rotatable bonds is 5. The van der Waals surface area contributed by atoms with Gasteiger partial charge in [0.1, 0.15) is 18.8 Å². The average Bonchev–Trinajstić information content (AvgIpc) is 2.23. The molecule has 7 nitrogen and oxygen atoms in total. The molecule has 14 heavy (non-hydrogen) atoms. The fourth-order valence-electron chi connectivity index (χ4n) is 0.679. The number of aliphatic hydroxyl groups excluding tert-OH is 5. The first kappa shape index (κ1) is 12.8. The molecule has 0 aliphatic heterocycles. The summed E-state index contributed by atoms with van der Waals surface area (Å²) in [4.78, 5) is 20.4. The molecule has 0 aromatic carbocycles. The van der Waals surface area contributed by atoms with Gasteiger partial charge in [0, 0.05) is 0 Å². The van der Waals surface area contributed by atoms with Gasteiger partial charge < -0.3 is 25.5 Å². The number of ketones is 1. The summed E-state index contributed by atoms with van der Waals surface area (Å²) in [5, 5.41) is 43.7. The molecule has 7 heteroatoms. The minimum absolute atomic E-state index is 0.885. The van der Waals surface area contributed by atoms with Gasteiger partial charge in [0.25, 0.3) is 0 Å². The Labute approximate surface area is 78.5 Å². The summed E-state index contributed by atoms with van der Waals surface area (Å²) in [5.41, 5.74) is 0. The van der Waals surface area contributed by atoms with Crippen molar-refractivity contribution in [2.45, 2.75) is 18.3 Å². The number of hydrogen-bond acceptors (Lipinski definition) is 7. The lowest BCUT2D eigenvalue weighted by molar-refractivity contribution is -0.140. The Morgan fingerprint density at radius 3 is 2.07 bits per heavy atom. The molecule has 3 atom stereocenters. The molecule has 0 radical (unpaired) electrons. The van der Waals surface area contributed by atoms with Gasteiger partial charge in [-0.2, -0.15) is 0 Å². The van der Waals surface area contributed by atoms with Crippen LogP contribution in [0.3, 0.4) is 0 Å². The molecular weight excluding hydrogens is 196 g/mol. The lowest BCUT2D eigenvalue weighted by Crippen LogP contribution is -2.44. The van der Waals surface area contributed by atoms with E-state index in [4.69, 9.17) is 25.5 Å². The normalized spacial score (nSPS) is 16.6. The van der Waals surface area contributed by atoms with E-state index in [1.807, 2.05) is 0 Å². The summed E-state index contributed by atoms with van der Waals surface area (Å²) in [5.74, 6) is -1.49. The molecule has 0 bridgehead atoms. The van der Waals surface area contributed by atoms with Gasteiger partial charge in [0.05, 0.1) is 0 Å². The highest BCUT2D eigenvalue weighted by Crippen LogP contribution is 2.06. The van der Waals surface area contributed by atoms with Crippen LogP contribution in [-0.4, -0.2) is 62.2 Å². The van der Waals surface area contributed by atoms with Crippen LogP contribution in [0.25, 0.3) is 0 Å². The Balaban J connectivity index is 4.53. The molecule has 0 aliphatic carbocycles. The largest absolute Gasteiger partial charge is 0.500 e. The summed E-state index contributed by atoms with van der Waals surface area (Å²) in [6, 6.07) is 0. The van der Waals surface area contributed by atoms with E-state index in [0.717, 1.165) is 5.94 Å². The first-order chi connectivity index (χ1) is 6.45. The van der Waals surface area contributed by atoms with Crippen molar-refractivity contribution in [2.75, 3.05) is 6.61 Å². The van der Waals surface area contributed by atoms with Gasteiger partial charge in [-0.15, -0.1) is 0 Å². The minimum atomic E-state index is -2.11. The topological polar surface area (TPSA) is 135 Å². The van der Waals surface area contributed by atoms with Crippen molar-refractivity contribution in [3.63, 3.8) is 0 Å². The van der Waals surface area contributed by atoms with Gasteiger partial charge >= 0.3 is 0 Å². The number of carbonyl (C=O) groups excluding carboxylic acids is 2. The highest BCUT2D eigenvalue weighted by atomic mass is 16.4. The Morgan fingerprint density at radius 1 is 1.21 bits per heavy atom. The Morgan fingerprint density at radius 2 is 1.71 bits per heavy atom. The zero-order valence-electron chi connectivity index (χ0n) is 6.99. The lowest BCUT2D eigenvalue weighted by atomic mass is 10.0. The van der Waals surface area contributed by atoms with Crippen LogP contribution in [0.5, 0.6) is 0 Å². The third-order valence-electron chi connectivity index (χ3n) is 1.52. The highest BCUT2D eigenvalue weighted by molar-refractivity contribution is 5.84. The summed E-state index contributed by atoms with van der Waals surface area (Å²) >= 11 is 0. The van der Waals surface area contributed by atoms with Crippen molar-refractivity contribution in [3.8, 4) is 0 Å². The van der Waals surface area contributed by atoms with Gasteiger partial charge in [-0.1, -0.05) is 0 Å². The van der Waals surface area contributed by atoms with Crippen molar-refractivity contribution in [3.05, 3.63) is 5.76 Å². The van der Waals surface area contributed by atoms with Gasteiger partial charge in [0.2, 0.25) is 5.76 Å². The minimum Gasteiger partial charge on any atom is -0.500 e. The van der Waals surface area contributed by atoms with Crippen LogP contribution in [0.1, 0.15) is 0 Å². The third-order valence-corrected chi connectivity index (χ3v) is 1.52. The van der Waals surface area contributed by atoms with Crippen LogP contribution in [0.15, 0.2) is 5.76 Å². The first-order valence-corrected chi connectivity index (χ1v) is 3.57. The van der Waals surface area contributed by atoms with Crippen molar-refractivity contribution in [1.82, 2.24) is 0 Å². The lowest BCUT2D eigenvalue weighted by Gasteiger charge is -2.19. The third kappa shape index (κ3) is 2.91. The smallest absolute Gasteiger partial charge is 0.208 e. The average molecular weight is 206 g/mol. The van der Waals surface area contributed by atoms with Gasteiger partial charge in [-0.25, -0.2) is 4.79 Å².